The minimum atomic E-state index is -0.332. The number of hydrogen-bond donors (Lipinski definition) is 2. The predicted octanol–water partition coefficient (Wildman–Crippen LogP) is 2.96. The van der Waals surface area contributed by atoms with E-state index in [1.807, 2.05) is 29.6 Å². The third-order valence-electron chi connectivity index (χ3n) is 4.43. The first-order valence-corrected chi connectivity index (χ1v) is 10.3. The minimum Gasteiger partial charge on any atom is -0.372 e. The highest BCUT2D eigenvalue weighted by Gasteiger charge is 2.23. The second kappa shape index (κ2) is 9.16. The molecule has 1 saturated heterocycles. The topological polar surface area (TPSA) is 83.6 Å². The summed E-state index contributed by atoms with van der Waals surface area (Å²) in [4.78, 5) is 31.6. The van der Waals surface area contributed by atoms with E-state index >= 15 is 0 Å². The van der Waals surface area contributed by atoms with Crippen molar-refractivity contribution in [1.82, 2.24) is 10.3 Å². The van der Waals surface area contributed by atoms with Crippen LogP contribution in [0.25, 0.3) is 0 Å². The van der Waals surface area contributed by atoms with E-state index < -0.39 is 0 Å². The van der Waals surface area contributed by atoms with Crippen molar-refractivity contribution in [2.75, 3.05) is 23.3 Å². The van der Waals surface area contributed by atoms with Gasteiger partial charge in [-0.3, -0.25) is 9.59 Å². The van der Waals surface area contributed by atoms with Gasteiger partial charge in [-0.15, -0.1) is 11.3 Å². The van der Waals surface area contributed by atoms with Crippen LogP contribution in [0.5, 0.6) is 0 Å². The number of rotatable bonds is 6. The summed E-state index contributed by atoms with van der Waals surface area (Å²) in [5.41, 5.74) is 0.635. The molecule has 7 nitrogen and oxygen atoms in total. The van der Waals surface area contributed by atoms with Gasteiger partial charge in [0.1, 0.15) is 5.82 Å². The highest BCUT2D eigenvalue weighted by Crippen LogP contribution is 2.23. The molecule has 0 aliphatic carbocycles. The van der Waals surface area contributed by atoms with Crippen molar-refractivity contribution in [3.8, 4) is 0 Å². The van der Waals surface area contributed by atoms with Gasteiger partial charge in [0.05, 0.1) is 36.6 Å². The van der Waals surface area contributed by atoms with Crippen molar-refractivity contribution in [1.29, 1.82) is 0 Å². The number of carbonyl (C=O) groups is 2. The summed E-state index contributed by atoms with van der Waals surface area (Å²) in [7, 11) is 0. The molecule has 150 valence electrons. The molecule has 1 aliphatic heterocycles. The summed E-state index contributed by atoms with van der Waals surface area (Å²) in [5, 5.41) is 7.63. The van der Waals surface area contributed by atoms with Crippen LogP contribution in [0.2, 0.25) is 0 Å². The number of amides is 2. The van der Waals surface area contributed by atoms with Gasteiger partial charge >= 0.3 is 0 Å². The van der Waals surface area contributed by atoms with Crippen LogP contribution in [0, 0.1) is 0 Å². The molecule has 3 atom stereocenters. The normalized spacial score (nSPS) is 20.5. The fourth-order valence-electron chi connectivity index (χ4n) is 3.37. The summed E-state index contributed by atoms with van der Waals surface area (Å²) in [6.07, 6.45) is 2.15. The molecule has 28 heavy (non-hydrogen) atoms. The first kappa shape index (κ1) is 20.3. The van der Waals surface area contributed by atoms with Gasteiger partial charge in [-0.2, -0.15) is 0 Å². The molecule has 0 unspecified atom stereocenters. The van der Waals surface area contributed by atoms with Crippen molar-refractivity contribution >= 4 is 34.7 Å². The molecule has 1 fully saturated rings. The van der Waals surface area contributed by atoms with E-state index in [9.17, 15) is 9.59 Å². The Hall–Kier alpha value is -2.45. The predicted molar refractivity (Wildman–Crippen MR) is 111 cm³/mol. The third kappa shape index (κ3) is 5.53. The highest BCUT2D eigenvalue weighted by molar-refractivity contribution is 7.10. The summed E-state index contributed by atoms with van der Waals surface area (Å²) in [6.45, 7) is 7.14. The number of aromatic nitrogens is 1. The number of nitrogens with zero attached hydrogens (tertiary/aromatic N) is 2. The Labute approximate surface area is 169 Å². The number of thiophene rings is 1. The molecule has 0 saturated carbocycles. The van der Waals surface area contributed by atoms with Crippen molar-refractivity contribution in [2.45, 2.75) is 45.4 Å². The molecule has 0 bridgehead atoms. The fraction of sp³-hybridized carbons (Fsp3) is 0.450. The Morgan fingerprint density at radius 1 is 1.29 bits per heavy atom. The maximum absolute atomic E-state index is 12.5. The van der Waals surface area contributed by atoms with Crippen LogP contribution >= 0.6 is 11.3 Å². The molecule has 2 aromatic rings. The second-order valence-corrected chi connectivity index (χ2v) is 8.07. The van der Waals surface area contributed by atoms with Crippen LogP contribution in [0.1, 0.15) is 38.1 Å². The summed E-state index contributed by atoms with van der Waals surface area (Å²) in [5.74, 6) is 0.538. The quantitative estimate of drug-likeness (QED) is 0.776. The lowest BCUT2D eigenvalue weighted by Gasteiger charge is -2.36. The average molecular weight is 403 g/mol. The second-order valence-electron chi connectivity index (χ2n) is 7.09. The Balaban J connectivity index is 1.60. The molecule has 0 aromatic carbocycles. The number of ether oxygens (including phenoxy) is 1. The van der Waals surface area contributed by atoms with Gasteiger partial charge in [-0.25, -0.2) is 4.98 Å². The van der Waals surface area contributed by atoms with E-state index in [1.54, 1.807) is 6.20 Å². The van der Waals surface area contributed by atoms with Crippen LogP contribution in [0.4, 0.5) is 11.5 Å². The van der Waals surface area contributed by atoms with Crippen LogP contribution < -0.4 is 15.5 Å². The smallest absolute Gasteiger partial charge is 0.226 e. The van der Waals surface area contributed by atoms with Crippen molar-refractivity contribution in [3.63, 3.8) is 0 Å². The van der Waals surface area contributed by atoms with Gasteiger partial charge in [0.25, 0.3) is 0 Å². The van der Waals surface area contributed by atoms with E-state index in [1.165, 1.54) is 18.3 Å². The fourth-order valence-corrected chi connectivity index (χ4v) is 4.15. The standard InChI is InChI=1S/C20H26N4O3S/c1-13-11-24(12-14(2)27-13)19-7-6-16(10-21-19)23-20(26)9-17(22-15(3)25)18-5-4-8-28-18/h4-8,10,13-14,17H,9,11-12H2,1-3H3,(H,22,25)(H,23,26)/t13-,14+,17-/m0/s1. The molecule has 1 aliphatic rings. The monoisotopic (exact) mass is 402 g/mol. The van der Waals surface area contributed by atoms with Crippen LogP contribution in [-0.2, 0) is 14.3 Å². The van der Waals surface area contributed by atoms with E-state index in [2.05, 4.69) is 34.4 Å². The zero-order valence-electron chi connectivity index (χ0n) is 16.3. The van der Waals surface area contributed by atoms with Gasteiger partial charge in [-0.1, -0.05) is 6.07 Å². The van der Waals surface area contributed by atoms with Gasteiger partial charge < -0.3 is 20.3 Å². The number of pyridine rings is 1. The Kier molecular flexibility index (Phi) is 6.64. The number of morpholine rings is 1. The summed E-state index contributed by atoms with van der Waals surface area (Å²) < 4.78 is 5.75. The average Bonchev–Trinajstić information content (AvgIpc) is 3.15. The van der Waals surface area contributed by atoms with E-state index in [-0.39, 0.29) is 36.5 Å². The Morgan fingerprint density at radius 3 is 2.61 bits per heavy atom. The van der Waals surface area contributed by atoms with Crippen LogP contribution in [0.15, 0.2) is 35.8 Å². The number of anilines is 2. The highest BCUT2D eigenvalue weighted by atomic mass is 32.1. The Morgan fingerprint density at radius 2 is 2.04 bits per heavy atom. The SMILES string of the molecule is CC(=O)N[C@@H](CC(=O)Nc1ccc(N2C[C@@H](C)O[C@@H](C)C2)nc1)c1cccs1. The van der Waals surface area contributed by atoms with Crippen molar-refractivity contribution in [2.24, 2.45) is 0 Å². The first-order valence-electron chi connectivity index (χ1n) is 9.37. The zero-order chi connectivity index (χ0) is 20.1. The van der Waals surface area contributed by atoms with E-state index in [0.717, 1.165) is 23.8 Å². The molecule has 0 radical (unpaired) electrons. The lowest BCUT2D eigenvalue weighted by Crippen LogP contribution is -2.45. The number of carbonyl (C=O) groups excluding carboxylic acids is 2. The number of nitrogens with one attached hydrogen (secondary N) is 2. The van der Waals surface area contributed by atoms with Crippen molar-refractivity contribution in [3.05, 3.63) is 40.7 Å². The van der Waals surface area contributed by atoms with Gasteiger partial charge in [-0.05, 0) is 37.4 Å². The van der Waals surface area contributed by atoms with Crippen LogP contribution in [-0.4, -0.2) is 42.1 Å². The van der Waals surface area contributed by atoms with E-state index in [0.29, 0.717) is 5.69 Å². The van der Waals surface area contributed by atoms with E-state index in [4.69, 9.17) is 4.74 Å². The molecule has 3 rings (SSSR count). The summed E-state index contributed by atoms with van der Waals surface area (Å²) >= 11 is 1.52. The van der Waals surface area contributed by atoms with Gasteiger partial charge in [0.15, 0.2) is 0 Å². The maximum atomic E-state index is 12.5. The van der Waals surface area contributed by atoms with Gasteiger partial charge in [0.2, 0.25) is 11.8 Å². The molecule has 3 heterocycles. The largest absolute Gasteiger partial charge is 0.372 e. The zero-order valence-corrected chi connectivity index (χ0v) is 17.2. The van der Waals surface area contributed by atoms with Crippen LogP contribution in [0.3, 0.4) is 0 Å². The van der Waals surface area contributed by atoms with Gasteiger partial charge in [0, 0.05) is 24.9 Å². The molecule has 2 amide bonds. The van der Waals surface area contributed by atoms with Crippen molar-refractivity contribution < 1.29 is 14.3 Å². The number of hydrogen-bond acceptors (Lipinski definition) is 6. The summed E-state index contributed by atoms with van der Waals surface area (Å²) in [6, 6.07) is 7.25. The minimum absolute atomic E-state index is 0.160. The molecule has 2 N–H and O–H groups in total. The molecular formula is C20H26N4O3S. The lowest BCUT2D eigenvalue weighted by molar-refractivity contribution is -0.120. The maximum Gasteiger partial charge on any atom is 0.226 e. The first-order chi connectivity index (χ1) is 13.4. The third-order valence-corrected chi connectivity index (χ3v) is 5.41. The lowest BCUT2D eigenvalue weighted by atomic mass is 10.1. The molecule has 0 spiro atoms. The Bertz CT molecular complexity index is 784. The molecule has 2 aromatic heterocycles. The molecule has 8 heteroatoms. The molecular weight excluding hydrogens is 376 g/mol.